The zero-order valence-electron chi connectivity index (χ0n) is 15.4. The molecule has 0 unspecified atom stereocenters. The number of carbonyl (C=O) groups is 1. The summed E-state index contributed by atoms with van der Waals surface area (Å²) in [6, 6.07) is 21.1. The Labute approximate surface area is 156 Å². The maximum atomic E-state index is 12.3. The number of hydrogen-bond acceptors (Lipinski definition) is 2. The second-order valence-electron chi connectivity index (χ2n) is 6.89. The van der Waals surface area contributed by atoms with Gasteiger partial charge in [-0.1, -0.05) is 60.7 Å². The lowest BCUT2D eigenvalue weighted by Crippen LogP contribution is -2.52. The van der Waals surface area contributed by atoms with E-state index in [4.69, 9.17) is 0 Å². The smallest absolute Gasteiger partial charge is 0.317 e. The number of aryl methyl sites for hydroxylation is 1. The van der Waals surface area contributed by atoms with E-state index in [1.54, 1.807) is 0 Å². The summed E-state index contributed by atoms with van der Waals surface area (Å²) in [4.78, 5) is 16.7. The Balaban J connectivity index is 1.29. The van der Waals surface area contributed by atoms with Crippen molar-refractivity contribution < 1.29 is 4.79 Å². The molecule has 0 bridgehead atoms. The lowest BCUT2D eigenvalue weighted by molar-refractivity contribution is 0.140. The monoisotopic (exact) mass is 351 g/mol. The molecule has 1 N–H and O–H groups in total. The minimum Gasteiger partial charge on any atom is -0.338 e. The quantitative estimate of drug-likeness (QED) is 0.778. The first-order valence-electron chi connectivity index (χ1n) is 9.64. The Bertz CT molecular complexity index is 652. The van der Waals surface area contributed by atoms with Gasteiger partial charge in [-0.15, -0.1) is 0 Å². The largest absolute Gasteiger partial charge is 0.338 e. The molecular formula is C22H29N3O. The molecule has 1 fully saturated rings. The van der Waals surface area contributed by atoms with Crippen molar-refractivity contribution in [2.45, 2.75) is 19.3 Å². The molecule has 2 amide bonds. The van der Waals surface area contributed by atoms with Crippen LogP contribution in [0.3, 0.4) is 0 Å². The van der Waals surface area contributed by atoms with Crippen LogP contribution in [-0.2, 0) is 12.8 Å². The Morgan fingerprint density at radius 2 is 1.38 bits per heavy atom. The van der Waals surface area contributed by atoms with Crippen molar-refractivity contribution in [3.05, 3.63) is 71.8 Å². The Kier molecular flexibility index (Phi) is 7.08. The average molecular weight is 351 g/mol. The number of amides is 2. The summed E-state index contributed by atoms with van der Waals surface area (Å²) < 4.78 is 0. The number of nitrogens with one attached hydrogen (secondary N) is 1. The van der Waals surface area contributed by atoms with Gasteiger partial charge in [-0.2, -0.15) is 0 Å². The fourth-order valence-corrected chi connectivity index (χ4v) is 3.35. The van der Waals surface area contributed by atoms with Crippen molar-refractivity contribution in [1.82, 2.24) is 15.1 Å². The van der Waals surface area contributed by atoms with Gasteiger partial charge in [0, 0.05) is 39.3 Å². The van der Waals surface area contributed by atoms with E-state index in [0.717, 1.165) is 58.5 Å². The van der Waals surface area contributed by atoms with E-state index in [2.05, 4.69) is 64.8 Å². The van der Waals surface area contributed by atoms with E-state index < -0.39 is 0 Å². The average Bonchev–Trinajstić information content (AvgIpc) is 2.71. The van der Waals surface area contributed by atoms with Crippen molar-refractivity contribution in [2.75, 3.05) is 39.3 Å². The van der Waals surface area contributed by atoms with Crippen LogP contribution in [0.1, 0.15) is 17.5 Å². The second kappa shape index (κ2) is 9.97. The lowest BCUT2D eigenvalue weighted by Gasteiger charge is -2.34. The molecule has 0 aliphatic carbocycles. The van der Waals surface area contributed by atoms with E-state index in [-0.39, 0.29) is 6.03 Å². The molecule has 3 rings (SSSR count). The van der Waals surface area contributed by atoms with Crippen molar-refractivity contribution in [3.63, 3.8) is 0 Å². The van der Waals surface area contributed by atoms with Crippen LogP contribution in [0.5, 0.6) is 0 Å². The third-order valence-electron chi connectivity index (χ3n) is 4.98. The van der Waals surface area contributed by atoms with Gasteiger partial charge in [-0.25, -0.2) is 4.79 Å². The van der Waals surface area contributed by atoms with E-state index in [9.17, 15) is 4.79 Å². The molecule has 138 valence electrons. The topological polar surface area (TPSA) is 35.6 Å². The van der Waals surface area contributed by atoms with Gasteiger partial charge in [0.15, 0.2) is 0 Å². The molecule has 1 heterocycles. The number of nitrogens with zero attached hydrogens (tertiary/aromatic N) is 2. The van der Waals surface area contributed by atoms with Crippen LogP contribution in [0.25, 0.3) is 0 Å². The fraction of sp³-hybridized carbons (Fsp3) is 0.409. The second-order valence-corrected chi connectivity index (χ2v) is 6.89. The molecular weight excluding hydrogens is 322 g/mol. The molecule has 4 heteroatoms. The van der Waals surface area contributed by atoms with Crippen LogP contribution < -0.4 is 5.32 Å². The number of benzene rings is 2. The lowest BCUT2D eigenvalue weighted by atomic mass is 10.1. The van der Waals surface area contributed by atoms with E-state index in [1.807, 2.05) is 11.0 Å². The van der Waals surface area contributed by atoms with E-state index in [0.29, 0.717) is 0 Å². The van der Waals surface area contributed by atoms with Gasteiger partial charge in [0.25, 0.3) is 0 Å². The van der Waals surface area contributed by atoms with Crippen molar-refractivity contribution in [3.8, 4) is 0 Å². The van der Waals surface area contributed by atoms with Crippen molar-refractivity contribution >= 4 is 6.03 Å². The van der Waals surface area contributed by atoms with Crippen LogP contribution in [0, 0.1) is 0 Å². The molecule has 0 saturated carbocycles. The summed E-state index contributed by atoms with van der Waals surface area (Å²) >= 11 is 0. The fourth-order valence-electron chi connectivity index (χ4n) is 3.35. The summed E-state index contributed by atoms with van der Waals surface area (Å²) in [6.45, 7) is 5.37. The molecule has 1 saturated heterocycles. The predicted octanol–water partition coefficient (Wildman–Crippen LogP) is 3.19. The van der Waals surface area contributed by atoms with E-state index >= 15 is 0 Å². The molecule has 0 aromatic heterocycles. The highest BCUT2D eigenvalue weighted by molar-refractivity contribution is 5.74. The first-order valence-corrected chi connectivity index (χ1v) is 9.64. The first kappa shape index (κ1) is 18.5. The zero-order chi connectivity index (χ0) is 18.0. The molecule has 0 radical (unpaired) electrons. The van der Waals surface area contributed by atoms with Crippen LogP contribution in [0.4, 0.5) is 4.79 Å². The third kappa shape index (κ3) is 5.88. The molecule has 4 nitrogen and oxygen atoms in total. The molecule has 26 heavy (non-hydrogen) atoms. The summed E-state index contributed by atoms with van der Waals surface area (Å²) in [5.41, 5.74) is 2.71. The highest BCUT2D eigenvalue weighted by Crippen LogP contribution is 2.06. The number of hydrogen-bond donors (Lipinski definition) is 1. The van der Waals surface area contributed by atoms with Crippen molar-refractivity contribution in [1.29, 1.82) is 0 Å². The minimum absolute atomic E-state index is 0.0840. The van der Waals surface area contributed by atoms with E-state index in [1.165, 1.54) is 11.1 Å². The summed E-state index contributed by atoms with van der Waals surface area (Å²) in [6.07, 6.45) is 3.06. The van der Waals surface area contributed by atoms with Crippen molar-refractivity contribution in [2.24, 2.45) is 0 Å². The van der Waals surface area contributed by atoms with Gasteiger partial charge >= 0.3 is 6.03 Å². The number of rotatable bonds is 7. The Morgan fingerprint density at radius 3 is 2.00 bits per heavy atom. The summed E-state index contributed by atoms with van der Waals surface area (Å²) in [7, 11) is 0. The van der Waals surface area contributed by atoms with Crippen LogP contribution in [0.15, 0.2) is 60.7 Å². The zero-order valence-corrected chi connectivity index (χ0v) is 15.4. The molecule has 1 aliphatic rings. The van der Waals surface area contributed by atoms with Crippen LogP contribution in [-0.4, -0.2) is 55.1 Å². The Hall–Kier alpha value is -2.33. The molecule has 2 aromatic rings. The molecule has 2 aromatic carbocycles. The predicted molar refractivity (Wildman–Crippen MR) is 106 cm³/mol. The third-order valence-corrected chi connectivity index (χ3v) is 4.98. The molecule has 1 aliphatic heterocycles. The minimum atomic E-state index is 0.0840. The van der Waals surface area contributed by atoms with Crippen LogP contribution >= 0.6 is 0 Å². The summed E-state index contributed by atoms with van der Waals surface area (Å²) in [5.74, 6) is 0. The van der Waals surface area contributed by atoms with Gasteiger partial charge in [-0.3, -0.25) is 4.90 Å². The SMILES string of the molecule is O=C(NCCCc1ccccc1)N1CCN(CCc2ccccc2)CC1. The highest BCUT2D eigenvalue weighted by atomic mass is 16.2. The Morgan fingerprint density at radius 1 is 0.808 bits per heavy atom. The molecule has 0 spiro atoms. The van der Waals surface area contributed by atoms with Gasteiger partial charge in [0.05, 0.1) is 0 Å². The molecule has 0 atom stereocenters. The highest BCUT2D eigenvalue weighted by Gasteiger charge is 2.20. The summed E-state index contributed by atoms with van der Waals surface area (Å²) in [5, 5.41) is 3.06. The standard InChI is InChI=1S/C22H29N3O/c26-22(23-14-7-12-20-8-3-1-4-9-20)25-18-16-24(17-19-25)15-13-21-10-5-2-6-11-21/h1-6,8-11H,7,12-19H2,(H,23,26). The number of piperazine rings is 1. The first-order chi connectivity index (χ1) is 12.8. The normalized spacial score (nSPS) is 15.0. The number of carbonyl (C=O) groups excluding carboxylic acids is 1. The van der Waals surface area contributed by atoms with Gasteiger partial charge in [0.2, 0.25) is 0 Å². The van der Waals surface area contributed by atoms with Crippen LogP contribution in [0.2, 0.25) is 0 Å². The van der Waals surface area contributed by atoms with Gasteiger partial charge in [-0.05, 0) is 30.4 Å². The van der Waals surface area contributed by atoms with Gasteiger partial charge in [0.1, 0.15) is 0 Å². The maximum absolute atomic E-state index is 12.3. The maximum Gasteiger partial charge on any atom is 0.317 e. The number of urea groups is 1. The van der Waals surface area contributed by atoms with Gasteiger partial charge < -0.3 is 10.2 Å².